The van der Waals surface area contributed by atoms with E-state index in [9.17, 15) is 8.78 Å². The number of hydrogen-bond donors (Lipinski definition) is 0. The summed E-state index contributed by atoms with van der Waals surface area (Å²) in [6, 6.07) is 0. The summed E-state index contributed by atoms with van der Waals surface area (Å²) in [5.41, 5.74) is 0. The fourth-order valence-corrected chi connectivity index (χ4v) is 0.960. The number of alkyl halides is 2. The molecule has 0 aromatic carbocycles. The summed E-state index contributed by atoms with van der Waals surface area (Å²) >= 11 is 0. The van der Waals surface area contributed by atoms with Gasteiger partial charge in [0, 0.05) is 13.0 Å². The van der Waals surface area contributed by atoms with Crippen LogP contribution in [0.4, 0.5) is 8.78 Å². The first kappa shape index (κ1) is 9.82. The fraction of sp³-hybridized carbons (Fsp3) is 1.00. The molecule has 0 radical (unpaired) electrons. The normalized spacial score (nSPS) is 20.1. The number of methoxy groups -OCH3 is 1. The van der Waals surface area contributed by atoms with Crippen LogP contribution in [0.15, 0.2) is 0 Å². The van der Waals surface area contributed by atoms with Gasteiger partial charge in [-0.1, -0.05) is 6.92 Å². The number of ether oxygens (including phenoxy) is 1. The molecule has 0 bridgehead atoms. The predicted octanol–water partition coefficient (Wildman–Crippen LogP) is 1.97. The van der Waals surface area contributed by atoms with Crippen molar-refractivity contribution in [3.63, 3.8) is 0 Å². The van der Waals surface area contributed by atoms with Crippen molar-refractivity contribution in [3.8, 4) is 0 Å². The Labute approximate surface area is 60.4 Å². The molecule has 0 N–H and O–H groups in total. The average molecular weight is 152 g/mol. The van der Waals surface area contributed by atoms with Gasteiger partial charge in [0.05, 0.1) is 12.8 Å². The molecule has 0 saturated heterocycles. The van der Waals surface area contributed by atoms with Crippen molar-refractivity contribution in [2.75, 3.05) is 13.8 Å². The Morgan fingerprint density at radius 2 is 1.90 bits per heavy atom. The zero-order valence-corrected chi connectivity index (χ0v) is 6.60. The first-order chi connectivity index (χ1) is 4.63. The van der Waals surface area contributed by atoms with Gasteiger partial charge in [0.15, 0.2) is 0 Å². The Kier molecular flexibility index (Phi) is 4.52. The molecule has 0 aliphatic heterocycles. The van der Waals surface area contributed by atoms with Crippen LogP contribution in [-0.2, 0) is 4.74 Å². The van der Waals surface area contributed by atoms with Crippen molar-refractivity contribution in [2.45, 2.75) is 26.1 Å². The van der Waals surface area contributed by atoms with Crippen molar-refractivity contribution in [3.05, 3.63) is 0 Å². The molecule has 0 saturated carbocycles. The minimum absolute atomic E-state index is 0.356. The zero-order chi connectivity index (χ0) is 8.15. The van der Waals surface area contributed by atoms with Gasteiger partial charge in [-0.2, -0.15) is 0 Å². The zero-order valence-electron chi connectivity index (χ0n) is 6.60. The van der Waals surface area contributed by atoms with E-state index in [4.69, 9.17) is 4.74 Å². The molecule has 2 unspecified atom stereocenters. The van der Waals surface area contributed by atoms with Gasteiger partial charge >= 0.3 is 0 Å². The molecule has 3 atom stereocenters. The average Bonchev–Trinajstić information content (AvgIpc) is 1.88. The number of hydrogen-bond acceptors (Lipinski definition) is 1. The Balaban J connectivity index is 3.80. The first-order valence-corrected chi connectivity index (χ1v) is 3.36. The highest BCUT2D eigenvalue weighted by Gasteiger charge is 2.22. The van der Waals surface area contributed by atoms with Crippen LogP contribution in [-0.4, -0.2) is 26.1 Å². The van der Waals surface area contributed by atoms with Gasteiger partial charge in [0.1, 0.15) is 6.17 Å². The Hall–Kier alpha value is -0.180. The molecule has 0 rings (SSSR count). The van der Waals surface area contributed by atoms with Gasteiger partial charge in [-0.25, -0.2) is 4.39 Å². The molecule has 62 valence electrons. The topological polar surface area (TPSA) is 9.23 Å². The minimum atomic E-state index is -1.10. The van der Waals surface area contributed by atoms with Crippen LogP contribution in [0.3, 0.4) is 0 Å². The lowest BCUT2D eigenvalue weighted by molar-refractivity contribution is -0.00405. The summed E-state index contributed by atoms with van der Waals surface area (Å²) in [6.45, 7) is 2.47. The van der Waals surface area contributed by atoms with Crippen LogP contribution < -0.4 is 0 Å². The molecule has 0 aromatic rings. The molecule has 0 spiro atoms. The molecule has 1 nitrogen and oxygen atoms in total. The van der Waals surface area contributed by atoms with Gasteiger partial charge in [0.25, 0.3) is 0 Å². The molecule has 3 heteroatoms. The van der Waals surface area contributed by atoms with Crippen LogP contribution in [0, 0.1) is 5.92 Å². The van der Waals surface area contributed by atoms with Crippen LogP contribution in [0.2, 0.25) is 0 Å². The third kappa shape index (κ3) is 2.60. The molecule has 0 fully saturated rings. The lowest BCUT2D eigenvalue weighted by Crippen LogP contribution is -2.30. The third-order valence-corrected chi connectivity index (χ3v) is 1.53. The second-order valence-electron chi connectivity index (χ2n) is 2.51. The fourth-order valence-electron chi connectivity index (χ4n) is 0.960. The van der Waals surface area contributed by atoms with Gasteiger partial charge in [-0.3, -0.25) is 4.39 Å². The van der Waals surface area contributed by atoms with E-state index in [2.05, 4.69) is 0 Å². The highest BCUT2D eigenvalue weighted by Crippen LogP contribution is 2.13. The molecule has 0 heterocycles. The lowest BCUT2D eigenvalue weighted by atomic mass is 10.0. The quantitative estimate of drug-likeness (QED) is 0.598. The van der Waals surface area contributed by atoms with E-state index >= 15 is 0 Å². The monoisotopic (exact) mass is 152 g/mol. The summed E-state index contributed by atoms with van der Waals surface area (Å²) in [6.07, 6.45) is -1.71. The Morgan fingerprint density at radius 1 is 1.40 bits per heavy atom. The standard InChI is InChI=1S/C7H14F2O/c1-5(4-8)7(10-3)6(2)9/h5-7H,4H2,1-3H3/t5-,6?,7?/m0/s1. The maximum Gasteiger partial charge on any atom is 0.124 e. The summed E-state index contributed by atoms with van der Waals surface area (Å²) in [5, 5.41) is 0. The molecular formula is C7H14F2O. The van der Waals surface area contributed by atoms with Crippen LogP contribution in [0.1, 0.15) is 13.8 Å². The van der Waals surface area contributed by atoms with Crippen LogP contribution in [0.5, 0.6) is 0 Å². The molecule has 0 aliphatic rings. The van der Waals surface area contributed by atoms with Crippen molar-refractivity contribution < 1.29 is 13.5 Å². The van der Waals surface area contributed by atoms with Crippen molar-refractivity contribution >= 4 is 0 Å². The van der Waals surface area contributed by atoms with E-state index in [1.807, 2.05) is 0 Å². The molecule has 10 heavy (non-hydrogen) atoms. The van der Waals surface area contributed by atoms with E-state index in [1.165, 1.54) is 14.0 Å². The van der Waals surface area contributed by atoms with Gasteiger partial charge in [-0.05, 0) is 6.92 Å². The molecule has 0 aromatic heterocycles. The van der Waals surface area contributed by atoms with Gasteiger partial charge < -0.3 is 4.74 Å². The second kappa shape index (κ2) is 4.61. The van der Waals surface area contributed by atoms with Gasteiger partial charge in [-0.15, -0.1) is 0 Å². The minimum Gasteiger partial charge on any atom is -0.378 e. The van der Waals surface area contributed by atoms with E-state index in [-0.39, 0.29) is 5.92 Å². The first-order valence-electron chi connectivity index (χ1n) is 3.36. The van der Waals surface area contributed by atoms with Gasteiger partial charge in [0.2, 0.25) is 0 Å². The number of halogens is 2. The largest absolute Gasteiger partial charge is 0.378 e. The third-order valence-electron chi connectivity index (χ3n) is 1.53. The molecular weight excluding hydrogens is 138 g/mol. The summed E-state index contributed by atoms with van der Waals surface area (Å²) < 4.78 is 29.2. The maximum absolute atomic E-state index is 12.5. The lowest BCUT2D eigenvalue weighted by Gasteiger charge is -2.20. The summed E-state index contributed by atoms with van der Waals surface area (Å²) in [7, 11) is 1.40. The highest BCUT2D eigenvalue weighted by atomic mass is 19.1. The highest BCUT2D eigenvalue weighted by molar-refractivity contribution is 4.70. The van der Waals surface area contributed by atoms with E-state index in [0.717, 1.165) is 0 Å². The molecule has 0 amide bonds. The smallest absolute Gasteiger partial charge is 0.124 e. The summed E-state index contributed by atoms with van der Waals surface area (Å²) in [5.74, 6) is -0.356. The van der Waals surface area contributed by atoms with E-state index < -0.39 is 19.0 Å². The summed E-state index contributed by atoms with van der Waals surface area (Å²) in [4.78, 5) is 0. The Morgan fingerprint density at radius 3 is 2.00 bits per heavy atom. The van der Waals surface area contributed by atoms with E-state index in [0.29, 0.717) is 0 Å². The molecule has 0 aliphatic carbocycles. The number of rotatable bonds is 4. The van der Waals surface area contributed by atoms with Crippen molar-refractivity contribution in [1.29, 1.82) is 0 Å². The van der Waals surface area contributed by atoms with Crippen LogP contribution >= 0.6 is 0 Å². The second-order valence-corrected chi connectivity index (χ2v) is 2.51. The van der Waals surface area contributed by atoms with Crippen LogP contribution in [0.25, 0.3) is 0 Å². The predicted molar refractivity (Wildman–Crippen MR) is 36.5 cm³/mol. The van der Waals surface area contributed by atoms with Crippen molar-refractivity contribution in [1.82, 2.24) is 0 Å². The van der Waals surface area contributed by atoms with E-state index in [1.54, 1.807) is 6.92 Å². The van der Waals surface area contributed by atoms with Crippen molar-refractivity contribution in [2.24, 2.45) is 5.92 Å². The maximum atomic E-state index is 12.5. The Bertz CT molecular complexity index is 85.7. The SMILES string of the molecule is COC(C(C)F)[C@@H](C)CF.